The van der Waals surface area contributed by atoms with Crippen molar-refractivity contribution in [3.63, 3.8) is 0 Å². The molecule has 4 heteroatoms. The van der Waals surface area contributed by atoms with Crippen LogP contribution >= 0.6 is 11.6 Å². The Morgan fingerprint density at radius 2 is 1.96 bits per heavy atom. The van der Waals surface area contributed by atoms with Crippen LogP contribution < -0.4 is 5.73 Å². The summed E-state index contributed by atoms with van der Waals surface area (Å²) in [5.41, 5.74) is 10.3. The van der Waals surface area contributed by atoms with Crippen LogP contribution in [0.25, 0.3) is 11.1 Å². The van der Waals surface area contributed by atoms with Crippen LogP contribution in [0.5, 0.6) is 0 Å². The summed E-state index contributed by atoms with van der Waals surface area (Å²) >= 11 is 6.02. The number of hydrogen-bond donors (Lipinski definition) is 1. The first kappa shape index (κ1) is 18.3. The van der Waals surface area contributed by atoms with E-state index in [-0.39, 0.29) is 0 Å². The van der Waals surface area contributed by atoms with Gasteiger partial charge in [-0.15, -0.1) is 6.58 Å². The molecule has 0 bridgehead atoms. The maximum atomic E-state index is 12.1. The van der Waals surface area contributed by atoms with Crippen LogP contribution in [0.3, 0.4) is 0 Å². The normalized spacial score (nSPS) is 10.8. The lowest BCUT2D eigenvalue weighted by Gasteiger charge is -2.11. The Morgan fingerprint density at radius 1 is 1.29 bits per heavy atom. The lowest BCUT2D eigenvalue weighted by atomic mass is 9.97. The fraction of sp³-hybridized carbons (Fsp3) is 0.350. The SMILES string of the molecule is C=CCn1c(C)c(C(N)=O)c(-c2ccc(Cl)cc2)c1CCCCC. The molecule has 0 unspecified atom stereocenters. The van der Waals surface area contributed by atoms with E-state index in [1.165, 1.54) is 0 Å². The summed E-state index contributed by atoms with van der Waals surface area (Å²) in [4.78, 5) is 12.1. The molecule has 0 fully saturated rings. The van der Waals surface area contributed by atoms with E-state index in [4.69, 9.17) is 17.3 Å². The number of halogens is 1. The first-order chi connectivity index (χ1) is 11.5. The molecule has 2 aromatic rings. The van der Waals surface area contributed by atoms with Crippen molar-refractivity contribution in [2.45, 2.75) is 46.1 Å². The number of primary amides is 1. The van der Waals surface area contributed by atoms with Crippen LogP contribution in [-0.4, -0.2) is 10.5 Å². The molecule has 0 atom stereocenters. The van der Waals surface area contributed by atoms with Crippen LogP contribution in [0.15, 0.2) is 36.9 Å². The third-order valence-corrected chi connectivity index (χ3v) is 4.59. The highest BCUT2D eigenvalue weighted by molar-refractivity contribution is 6.30. The van der Waals surface area contributed by atoms with Gasteiger partial charge in [-0.3, -0.25) is 4.79 Å². The van der Waals surface area contributed by atoms with Gasteiger partial charge in [0.1, 0.15) is 0 Å². The van der Waals surface area contributed by atoms with Crippen LogP contribution in [-0.2, 0) is 13.0 Å². The zero-order valence-electron chi connectivity index (χ0n) is 14.4. The van der Waals surface area contributed by atoms with E-state index in [1.54, 1.807) is 0 Å². The Kier molecular flexibility index (Phi) is 6.27. The van der Waals surface area contributed by atoms with Crippen LogP contribution in [0.1, 0.15) is 47.9 Å². The molecule has 1 amide bonds. The summed E-state index contributed by atoms with van der Waals surface area (Å²) < 4.78 is 2.16. The number of aromatic nitrogens is 1. The number of carbonyl (C=O) groups excluding carboxylic acids is 1. The van der Waals surface area contributed by atoms with Gasteiger partial charge >= 0.3 is 0 Å². The molecule has 1 heterocycles. The van der Waals surface area contributed by atoms with Crippen molar-refractivity contribution in [3.8, 4) is 11.1 Å². The number of carbonyl (C=O) groups is 1. The van der Waals surface area contributed by atoms with Gasteiger partial charge in [-0.1, -0.05) is 49.6 Å². The largest absolute Gasteiger partial charge is 0.366 e. The quantitative estimate of drug-likeness (QED) is 0.523. The maximum Gasteiger partial charge on any atom is 0.251 e. The molecule has 0 aliphatic rings. The van der Waals surface area contributed by atoms with Gasteiger partial charge in [0.15, 0.2) is 0 Å². The smallest absolute Gasteiger partial charge is 0.251 e. The summed E-state index contributed by atoms with van der Waals surface area (Å²) in [6.07, 6.45) is 6.15. The monoisotopic (exact) mass is 344 g/mol. The van der Waals surface area contributed by atoms with Gasteiger partial charge in [-0.25, -0.2) is 0 Å². The van der Waals surface area contributed by atoms with E-state index in [0.29, 0.717) is 17.1 Å². The molecular formula is C20H25ClN2O. The van der Waals surface area contributed by atoms with Crippen molar-refractivity contribution in [2.24, 2.45) is 5.73 Å². The Hall–Kier alpha value is -2.00. The predicted octanol–water partition coefficient (Wildman–Crippen LogP) is 5.13. The van der Waals surface area contributed by atoms with Gasteiger partial charge in [0, 0.05) is 28.5 Å². The molecule has 0 aliphatic heterocycles. The van der Waals surface area contributed by atoms with Crippen molar-refractivity contribution in [3.05, 3.63) is 58.9 Å². The minimum Gasteiger partial charge on any atom is -0.366 e. The minimum atomic E-state index is -0.392. The molecule has 0 saturated carbocycles. The molecule has 128 valence electrons. The fourth-order valence-electron chi connectivity index (χ4n) is 3.21. The molecule has 0 aliphatic carbocycles. The standard InChI is InChI=1S/C20H25ClN2O/c1-4-6-7-8-17-19(15-9-11-16(21)12-10-15)18(20(22)24)14(3)23(17)13-5-2/h5,9-12H,2,4,6-8,13H2,1,3H3,(H2,22,24). The van der Waals surface area contributed by atoms with Crippen molar-refractivity contribution in [2.75, 3.05) is 0 Å². The van der Waals surface area contributed by atoms with Gasteiger partial charge < -0.3 is 10.3 Å². The summed E-state index contributed by atoms with van der Waals surface area (Å²) in [5, 5.41) is 0.675. The second kappa shape index (κ2) is 8.20. The third-order valence-electron chi connectivity index (χ3n) is 4.34. The first-order valence-corrected chi connectivity index (χ1v) is 8.77. The van der Waals surface area contributed by atoms with E-state index in [9.17, 15) is 4.79 Å². The number of rotatable bonds is 8. The van der Waals surface area contributed by atoms with Crippen molar-refractivity contribution in [1.82, 2.24) is 4.57 Å². The van der Waals surface area contributed by atoms with E-state index in [0.717, 1.165) is 48.2 Å². The Labute approximate surface area is 149 Å². The number of benzene rings is 1. The Bertz CT molecular complexity index is 729. The van der Waals surface area contributed by atoms with Crippen molar-refractivity contribution in [1.29, 1.82) is 0 Å². The Morgan fingerprint density at radius 3 is 2.50 bits per heavy atom. The van der Waals surface area contributed by atoms with Crippen molar-refractivity contribution >= 4 is 17.5 Å². The van der Waals surface area contributed by atoms with Gasteiger partial charge in [0.2, 0.25) is 0 Å². The molecule has 3 nitrogen and oxygen atoms in total. The fourth-order valence-corrected chi connectivity index (χ4v) is 3.33. The lowest BCUT2D eigenvalue weighted by molar-refractivity contribution is 0.1000. The van der Waals surface area contributed by atoms with Gasteiger partial charge in [-0.05, 0) is 37.5 Å². The van der Waals surface area contributed by atoms with Gasteiger partial charge in [0.25, 0.3) is 5.91 Å². The average Bonchev–Trinajstić information content (AvgIpc) is 2.82. The second-order valence-electron chi connectivity index (χ2n) is 6.01. The lowest BCUT2D eigenvalue weighted by Crippen LogP contribution is -2.13. The van der Waals surface area contributed by atoms with Gasteiger partial charge in [0.05, 0.1) is 5.56 Å². The third kappa shape index (κ3) is 3.73. The van der Waals surface area contributed by atoms with E-state index in [1.807, 2.05) is 37.3 Å². The first-order valence-electron chi connectivity index (χ1n) is 8.39. The highest BCUT2D eigenvalue weighted by Crippen LogP contribution is 2.34. The summed E-state index contributed by atoms with van der Waals surface area (Å²) in [5.74, 6) is -0.392. The summed E-state index contributed by atoms with van der Waals surface area (Å²) in [6.45, 7) is 8.65. The molecule has 2 rings (SSSR count). The van der Waals surface area contributed by atoms with Crippen LogP contribution in [0.2, 0.25) is 5.02 Å². The molecule has 0 saturated heterocycles. The number of unbranched alkanes of at least 4 members (excludes halogenated alkanes) is 2. The van der Waals surface area contributed by atoms with E-state index >= 15 is 0 Å². The highest BCUT2D eigenvalue weighted by atomic mass is 35.5. The summed E-state index contributed by atoms with van der Waals surface area (Å²) in [6, 6.07) is 7.59. The van der Waals surface area contributed by atoms with Gasteiger partial charge in [-0.2, -0.15) is 0 Å². The zero-order chi connectivity index (χ0) is 17.7. The topological polar surface area (TPSA) is 48.0 Å². The molecular weight excluding hydrogens is 320 g/mol. The Balaban J connectivity index is 2.66. The number of amides is 1. The number of nitrogens with two attached hydrogens (primary N) is 1. The molecule has 1 aromatic carbocycles. The zero-order valence-corrected chi connectivity index (χ0v) is 15.2. The summed E-state index contributed by atoms with van der Waals surface area (Å²) in [7, 11) is 0. The van der Waals surface area contributed by atoms with Crippen LogP contribution in [0.4, 0.5) is 0 Å². The highest BCUT2D eigenvalue weighted by Gasteiger charge is 2.23. The number of hydrogen-bond acceptors (Lipinski definition) is 1. The van der Waals surface area contributed by atoms with E-state index in [2.05, 4.69) is 18.1 Å². The molecule has 1 aromatic heterocycles. The van der Waals surface area contributed by atoms with Crippen LogP contribution in [0, 0.1) is 6.92 Å². The molecule has 2 N–H and O–H groups in total. The minimum absolute atomic E-state index is 0.392. The molecule has 0 spiro atoms. The number of nitrogens with zero attached hydrogens (tertiary/aromatic N) is 1. The maximum absolute atomic E-state index is 12.1. The second-order valence-corrected chi connectivity index (χ2v) is 6.45. The van der Waals surface area contributed by atoms with Crippen molar-refractivity contribution < 1.29 is 4.79 Å². The predicted molar refractivity (Wildman–Crippen MR) is 102 cm³/mol. The molecule has 0 radical (unpaired) electrons. The average molecular weight is 345 g/mol. The number of allylic oxidation sites excluding steroid dienone is 1. The molecule has 24 heavy (non-hydrogen) atoms. The van der Waals surface area contributed by atoms with E-state index < -0.39 is 5.91 Å².